The lowest BCUT2D eigenvalue weighted by molar-refractivity contribution is -0.141. The molecule has 2 aromatic rings. The van der Waals surface area contributed by atoms with Gasteiger partial charge < -0.3 is 9.80 Å². The van der Waals surface area contributed by atoms with Crippen molar-refractivity contribution < 1.29 is 9.59 Å². The Morgan fingerprint density at radius 3 is 2.15 bits per heavy atom. The molecule has 2 amide bonds. The second-order valence-electron chi connectivity index (χ2n) is 12.3. The molecule has 39 heavy (non-hydrogen) atoms. The number of fused-ring (bicyclic) bond motifs is 1. The topological polar surface area (TPSA) is 40.6 Å². The van der Waals surface area contributed by atoms with Gasteiger partial charge in [-0.25, -0.2) is 0 Å². The van der Waals surface area contributed by atoms with Crippen LogP contribution in [0.15, 0.2) is 35.7 Å². The van der Waals surface area contributed by atoms with Crippen molar-refractivity contribution in [2.24, 2.45) is 0 Å². The Kier molecular flexibility index (Phi) is 12.6. The number of unbranched alkanes of at least 4 members (excludes halogenated alkanes) is 8. The van der Waals surface area contributed by atoms with Gasteiger partial charge in [0.1, 0.15) is 0 Å². The van der Waals surface area contributed by atoms with Crippen LogP contribution in [-0.4, -0.2) is 41.2 Å². The van der Waals surface area contributed by atoms with Crippen molar-refractivity contribution in [2.45, 2.75) is 123 Å². The average molecular weight is 553 g/mol. The quantitative estimate of drug-likeness (QED) is 0.207. The average Bonchev–Trinajstić information content (AvgIpc) is 3.40. The van der Waals surface area contributed by atoms with Crippen LogP contribution in [0.2, 0.25) is 0 Å². The van der Waals surface area contributed by atoms with Gasteiger partial charge in [-0.05, 0) is 52.8 Å². The van der Waals surface area contributed by atoms with Crippen LogP contribution >= 0.6 is 11.3 Å². The molecule has 0 spiro atoms. The second kappa shape index (κ2) is 15.6. The van der Waals surface area contributed by atoms with Gasteiger partial charge in [0.15, 0.2) is 0 Å². The lowest BCUT2D eigenvalue weighted by Gasteiger charge is -2.38. The van der Waals surface area contributed by atoms with Crippen LogP contribution in [0.25, 0.3) is 0 Å². The van der Waals surface area contributed by atoms with E-state index in [0.717, 1.165) is 31.2 Å². The van der Waals surface area contributed by atoms with Crippen LogP contribution in [0.1, 0.15) is 133 Å². The number of amides is 2. The van der Waals surface area contributed by atoms with E-state index in [0.29, 0.717) is 19.5 Å². The summed E-state index contributed by atoms with van der Waals surface area (Å²) in [6.45, 7) is 12.5. The van der Waals surface area contributed by atoms with Crippen LogP contribution in [0.4, 0.5) is 0 Å². The molecule has 0 radical (unpaired) electrons. The highest BCUT2D eigenvalue weighted by Gasteiger charge is 2.34. The largest absolute Gasteiger partial charge is 0.333 e. The molecule has 0 bridgehead atoms. The van der Waals surface area contributed by atoms with E-state index in [9.17, 15) is 9.59 Å². The standard InChI is InChI=1S/C34H52N2O2S/c1-6-8-9-10-11-12-13-14-15-16-31(37)35(23-7-2)26-32(38)36-24-21-30-29(22-25-39-30)33(36)27-17-19-28(20-18-27)34(3,4)5/h17-20,22,25,33H,6-16,21,23-24,26H2,1-5H3. The molecule has 0 saturated carbocycles. The minimum Gasteiger partial charge on any atom is -0.333 e. The summed E-state index contributed by atoms with van der Waals surface area (Å²) in [6.07, 6.45) is 13.4. The molecule has 1 aromatic carbocycles. The Labute approximate surface area is 242 Å². The van der Waals surface area contributed by atoms with Gasteiger partial charge in [-0.15, -0.1) is 11.3 Å². The van der Waals surface area contributed by atoms with Crippen molar-refractivity contribution in [3.8, 4) is 0 Å². The maximum absolute atomic E-state index is 13.8. The zero-order valence-corrected chi connectivity index (χ0v) is 26.1. The van der Waals surface area contributed by atoms with Gasteiger partial charge >= 0.3 is 0 Å². The van der Waals surface area contributed by atoms with E-state index in [-0.39, 0.29) is 29.8 Å². The van der Waals surface area contributed by atoms with Crippen LogP contribution < -0.4 is 0 Å². The predicted molar refractivity (Wildman–Crippen MR) is 165 cm³/mol. The number of thiophene rings is 1. The SMILES string of the molecule is CCCCCCCCCCCC(=O)N(CCC)CC(=O)N1CCc2sccc2C1c1ccc(C(C)(C)C)cc1. The zero-order valence-electron chi connectivity index (χ0n) is 25.3. The third kappa shape index (κ3) is 9.20. The number of hydrogen-bond acceptors (Lipinski definition) is 3. The summed E-state index contributed by atoms with van der Waals surface area (Å²) in [4.78, 5) is 32.2. The molecule has 216 valence electrons. The molecule has 0 saturated heterocycles. The fraction of sp³-hybridized carbons (Fsp3) is 0.647. The Hall–Kier alpha value is -2.14. The van der Waals surface area contributed by atoms with Gasteiger partial charge in [-0.1, -0.05) is 110 Å². The van der Waals surface area contributed by atoms with Gasteiger partial charge in [0.25, 0.3) is 0 Å². The first-order chi connectivity index (χ1) is 18.8. The van der Waals surface area contributed by atoms with Crippen molar-refractivity contribution >= 4 is 23.2 Å². The Morgan fingerprint density at radius 2 is 1.54 bits per heavy atom. The Bertz CT molecular complexity index is 1020. The summed E-state index contributed by atoms with van der Waals surface area (Å²) in [5.41, 5.74) is 3.77. The summed E-state index contributed by atoms with van der Waals surface area (Å²) < 4.78 is 0. The normalized spacial score (nSPS) is 15.3. The number of benzene rings is 1. The fourth-order valence-electron chi connectivity index (χ4n) is 5.67. The minimum absolute atomic E-state index is 0.0608. The van der Waals surface area contributed by atoms with E-state index in [1.54, 1.807) is 11.3 Å². The van der Waals surface area contributed by atoms with Gasteiger partial charge in [0.2, 0.25) is 11.8 Å². The monoisotopic (exact) mass is 552 g/mol. The first kappa shape index (κ1) is 31.4. The first-order valence-electron chi connectivity index (χ1n) is 15.5. The molecule has 1 aromatic heterocycles. The van der Waals surface area contributed by atoms with E-state index in [4.69, 9.17) is 0 Å². The van der Waals surface area contributed by atoms with Crippen molar-refractivity contribution in [1.29, 1.82) is 0 Å². The zero-order chi connectivity index (χ0) is 28.3. The second-order valence-corrected chi connectivity index (χ2v) is 13.3. The van der Waals surface area contributed by atoms with Crippen LogP contribution in [0.3, 0.4) is 0 Å². The minimum atomic E-state index is -0.0857. The molecule has 1 unspecified atom stereocenters. The van der Waals surface area contributed by atoms with Crippen LogP contribution in [0.5, 0.6) is 0 Å². The van der Waals surface area contributed by atoms with Gasteiger partial charge in [0, 0.05) is 24.4 Å². The van der Waals surface area contributed by atoms with E-state index < -0.39 is 0 Å². The molecule has 4 nitrogen and oxygen atoms in total. The van der Waals surface area contributed by atoms with Crippen molar-refractivity contribution in [3.05, 3.63) is 57.3 Å². The third-order valence-electron chi connectivity index (χ3n) is 8.05. The van der Waals surface area contributed by atoms with Crippen molar-refractivity contribution in [3.63, 3.8) is 0 Å². The number of rotatable bonds is 15. The number of carbonyl (C=O) groups excluding carboxylic acids is 2. The maximum atomic E-state index is 13.8. The molecule has 5 heteroatoms. The molecular weight excluding hydrogens is 500 g/mol. The molecule has 1 atom stereocenters. The molecule has 0 fully saturated rings. The summed E-state index contributed by atoms with van der Waals surface area (Å²) in [7, 11) is 0. The van der Waals surface area contributed by atoms with Gasteiger partial charge in [-0.2, -0.15) is 0 Å². The van der Waals surface area contributed by atoms with E-state index in [1.807, 2.05) is 9.80 Å². The van der Waals surface area contributed by atoms with Crippen LogP contribution in [0, 0.1) is 0 Å². The Morgan fingerprint density at radius 1 is 0.897 bits per heavy atom. The molecular formula is C34H52N2O2S. The van der Waals surface area contributed by atoms with E-state index in [1.165, 1.54) is 60.9 Å². The highest BCUT2D eigenvalue weighted by Crippen LogP contribution is 2.38. The third-order valence-corrected chi connectivity index (χ3v) is 9.04. The summed E-state index contributed by atoms with van der Waals surface area (Å²) in [5, 5.41) is 2.15. The van der Waals surface area contributed by atoms with E-state index in [2.05, 4.69) is 70.3 Å². The molecule has 0 aliphatic carbocycles. The highest BCUT2D eigenvalue weighted by atomic mass is 32.1. The van der Waals surface area contributed by atoms with Crippen LogP contribution in [-0.2, 0) is 21.4 Å². The lowest BCUT2D eigenvalue weighted by Crippen LogP contribution is -2.47. The van der Waals surface area contributed by atoms with Crippen molar-refractivity contribution in [2.75, 3.05) is 19.6 Å². The summed E-state index contributed by atoms with van der Waals surface area (Å²) in [6, 6.07) is 10.9. The predicted octanol–water partition coefficient (Wildman–Crippen LogP) is 8.68. The summed E-state index contributed by atoms with van der Waals surface area (Å²) in [5.74, 6) is 0.193. The molecule has 1 aliphatic rings. The molecule has 1 aliphatic heterocycles. The fourth-order valence-corrected chi connectivity index (χ4v) is 6.57. The molecule has 0 N–H and O–H groups in total. The summed E-state index contributed by atoms with van der Waals surface area (Å²) >= 11 is 1.79. The maximum Gasteiger partial charge on any atom is 0.242 e. The molecule has 2 heterocycles. The van der Waals surface area contributed by atoms with Gasteiger partial charge in [0.05, 0.1) is 12.6 Å². The van der Waals surface area contributed by atoms with Gasteiger partial charge in [-0.3, -0.25) is 9.59 Å². The number of carbonyl (C=O) groups is 2. The smallest absolute Gasteiger partial charge is 0.242 e. The Balaban J connectivity index is 1.61. The lowest BCUT2D eigenvalue weighted by atomic mass is 9.85. The van der Waals surface area contributed by atoms with E-state index >= 15 is 0 Å². The first-order valence-corrected chi connectivity index (χ1v) is 16.4. The van der Waals surface area contributed by atoms with Crippen molar-refractivity contribution in [1.82, 2.24) is 9.80 Å². The highest BCUT2D eigenvalue weighted by molar-refractivity contribution is 7.10. The molecule has 3 rings (SSSR count). The number of hydrogen-bond donors (Lipinski definition) is 0. The number of nitrogens with zero attached hydrogens (tertiary/aromatic N) is 2.